The molecule has 0 aromatic rings. The summed E-state index contributed by atoms with van der Waals surface area (Å²) in [5.41, 5.74) is -5.30. The van der Waals surface area contributed by atoms with Crippen molar-refractivity contribution < 1.29 is 48.7 Å². The first kappa shape index (κ1) is 112. The van der Waals surface area contributed by atoms with Gasteiger partial charge in [-0.2, -0.15) is 0 Å². The molecule has 0 aromatic heterocycles. The molecule has 4 bridgehead atoms. The van der Waals surface area contributed by atoms with E-state index in [2.05, 4.69) is 248 Å². The molecule has 0 aliphatic heterocycles. The molecule has 0 radical (unpaired) electrons. The van der Waals surface area contributed by atoms with Gasteiger partial charge in [0.2, 0.25) is 0 Å². The first-order valence-corrected chi connectivity index (χ1v) is 110. The second kappa shape index (κ2) is 50.5. The molecular formula is C45H112Cl2O10P44. The Morgan fingerprint density at radius 1 is 0.495 bits per heavy atom. The highest BCUT2D eigenvalue weighted by Crippen LogP contribution is 3.43. The summed E-state index contributed by atoms with van der Waals surface area (Å²) in [7, 11) is 80.7. The monoisotopic (exact) mass is 2250 g/mol. The van der Waals surface area contributed by atoms with E-state index in [1.165, 1.54) is 7.11 Å². The van der Waals surface area contributed by atoms with Crippen LogP contribution < -0.4 is 0 Å². The van der Waals surface area contributed by atoms with E-state index in [4.69, 9.17) is 37.4 Å². The Balaban J connectivity index is 0.000000389. The van der Waals surface area contributed by atoms with Gasteiger partial charge in [0.25, 0.3) is 0 Å². The molecule has 0 saturated heterocycles. The number of Topliss-reactive ketones (excluding diaryl/α,β-unsaturated/α-hetero) is 2. The standard InChI is InChI=1S/C23H33ClO5.C22H31ClO5.H42P40.H6P4/c1-7-13(2)16-10-18(29-19(25)12-24)21(5)14(3)8-9-22(15(16)4)11-17(28-6)20(26)23(21,22)27;1-6-12(2)15-9-17(28-18(25)11-23)20(5)13(3)7-8-21(14(15)4)10-16(24)19(26)22(20,21)27;1-22(2)32(21)37(31(19)20)40(38(33(23(3)4)24(5)6)34(25(7)8)26(9)10)39(35(27(11)12)28(13)14)36(29(15)16)30(17)18;1-4(2)3/h7,14-18,27H,1-2,8-12H2,3-6H3;6,13-17,24,27H,1-2,7-11H2,3-5H3;1-21H2;1-3H2/t14-,15+,16+,17+,18-,21+,22+,23-;13-,14+,15+,16+,17-,20+,21+,22-;;/m11../s1. The lowest BCUT2D eigenvalue weighted by atomic mass is 9.46. The van der Waals surface area contributed by atoms with E-state index in [1.807, 2.05) is 34.6 Å². The number of ether oxygens (including phenoxy) is 3. The highest BCUT2D eigenvalue weighted by atomic mass is 35.5. The summed E-state index contributed by atoms with van der Waals surface area (Å²) in [6.07, 6.45) is 4.64. The van der Waals surface area contributed by atoms with Crippen molar-refractivity contribution in [3.05, 3.63) is 49.6 Å². The van der Waals surface area contributed by atoms with Crippen LogP contribution in [0.2, 0.25) is 0 Å². The van der Waals surface area contributed by atoms with Crippen LogP contribution in [-0.2, 0) is 33.4 Å². The molecular weight excluding hydrogens is 2130 g/mol. The number of esters is 2. The smallest absolute Gasteiger partial charge is 0.321 e. The lowest BCUT2D eigenvalue weighted by Gasteiger charge is -2.60. The lowest BCUT2D eigenvalue weighted by Crippen LogP contribution is -2.69. The molecule has 0 spiro atoms. The maximum Gasteiger partial charge on any atom is 0.321 e. The average molecular weight is 2250 g/mol. The third-order valence-corrected chi connectivity index (χ3v) is 293. The number of aliphatic hydroxyl groups is 3. The van der Waals surface area contributed by atoms with Crippen molar-refractivity contribution in [2.24, 2.45) is 57.2 Å². The molecule has 3 N–H and O–H groups in total. The van der Waals surface area contributed by atoms with Crippen LogP contribution in [0.3, 0.4) is 0 Å². The molecule has 6 saturated carbocycles. The number of rotatable bonds is 27. The Kier molecular flexibility index (Phi) is 55.9. The third kappa shape index (κ3) is 25.6. The quantitative estimate of drug-likeness (QED) is 0.0313. The number of halogens is 2. The van der Waals surface area contributed by atoms with Gasteiger partial charge in [0, 0.05) is 28.8 Å². The maximum atomic E-state index is 13.6. The zero-order valence-corrected chi connectivity index (χ0v) is 105. The lowest BCUT2D eigenvalue weighted by molar-refractivity contribution is -0.234. The molecule has 586 valence electrons. The number of aliphatic hydroxyl groups excluding tert-OH is 1. The number of ketones is 2. The third-order valence-electron chi connectivity index (χ3n) is 20.7. The molecule has 101 heavy (non-hydrogen) atoms. The van der Waals surface area contributed by atoms with Crippen molar-refractivity contribution in [1.82, 2.24) is 0 Å². The minimum atomic E-state index is -1.79. The van der Waals surface area contributed by atoms with Crippen LogP contribution in [0.5, 0.6) is 0 Å². The molecule has 0 amide bonds. The van der Waals surface area contributed by atoms with E-state index in [-0.39, 0.29) is 199 Å². The van der Waals surface area contributed by atoms with Crippen LogP contribution in [0.25, 0.3) is 0 Å². The van der Waals surface area contributed by atoms with E-state index in [1.54, 1.807) is 12.2 Å². The summed E-state index contributed by atoms with van der Waals surface area (Å²) in [6, 6.07) is 0. The maximum absolute atomic E-state index is 13.6. The average Bonchev–Trinajstić information content (AvgIpc) is 1.53. The fourth-order valence-electron chi connectivity index (χ4n) is 15.7. The van der Waals surface area contributed by atoms with Crippen molar-refractivity contribution in [3.8, 4) is 0 Å². The van der Waals surface area contributed by atoms with Crippen LogP contribution in [0.15, 0.2) is 49.6 Å². The minimum absolute atomic E-state index is 0.0312. The SMILES string of the molecule is C=CC(=C)[C@@H]1C[C@@H](OC(=O)CCl)[C@]2(C)[C@H](C)CC[C@]3(C[C@H](O)C(=O)[C@]32O)[C@H]1C.C=CC(=C)[C@@H]1C[C@@H](OC(=O)CCl)[C@]2(C)[C@H](C)CC[C@]3(C[C@H](OC)C(=O)[C@]32O)[C@H]1C.PP(P)P.PP(P)P(P)P(P(P)P)P(P(P(P(P)P)P(P)P)P(P(P)P)P(P)P)P(P(P(P)P)P(P)P)P(P(P)P)P(P)P. The zero-order chi connectivity index (χ0) is 78.4. The van der Waals surface area contributed by atoms with E-state index >= 15 is 0 Å². The summed E-state index contributed by atoms with van der Waals surface area (Å²) in [5.74, 6) is -3.09. The van der Waals surface area contributed by atoms with Crippen molar-refractivity contribution in [1.29, 1.82) is 0 Å². The van der Waals surface area contributed by atoms with E-state index in [0.717, 1.165) is 24.0 Å². The van der Waals surface area contributed by atoms with Crippen LogP contribution >= 0.6 is 377 Å². The van der Waals surface area contributed by atoms with Gasteiger partial charge in [0.1, 0.15) is 47.4 Å². The molecule has 6 aliphatic rings. The Morgan fingerprint density at radius 3 is 1.03 bits per heavy atom. The summed E-state index contributed by atoms with van der Waals surface area (Å²) in [5, 5.41) is 35.1. The van der Waals surface area contributed by atoms with Gasteiger partial charge in [-0.1, -0.05) is 91.2 Å². The number of hydrogen-bond acceptors (Lipinski definition) is 10. The topological polar surface area (TPSA) is 157 Å². The van der Waals surface area contributed by atoms with Gasteiger partial charge in [-0.3, -0.25) is 19.2 Å². The van der Waals surface area contributed by atoms with E-state index in [9.17, 15) is 34.5 Å². The number of carbonyl (C=O) groups is 4. The Hall–Kier alpha value is 16.6. The first-order chi connectivity index (χ1) is 46.4. The predicted octanol–water partition coefficient (Wildman–Crippen LogP) is 31.7. The molecule has 0 aromatic carbocycles. The van der Waals surface area contributed by atoms with Crippen LogP contribution in [0, 0.1) is 57.2 Å². The molecule has 10 nitrogen and oxygen atoms in total. The summed E-state index contributed by atoms with van der Waals surface area (Å²) in [6.45, 7) is 26.2. The van der Waals surface area contributed by atoms with Crippen molar-refractivity contribution in [3.63, 3.8) is 0 Å². The van der Waals surface area contributed by atoms with Crippen LogP contribution in [0.1, 0.15) is 92.9 Å². The van der Waals surface area contributed by atoms with Gasteiger partial charge in [-0.15, -0.1) is 237 Å². The largest absolute Gasteiger partial charge is 0.461 e. The molecule has 6 rings (SSSR count). The van der Waals surface area contributed by atoms with Gasteiger partial charge in [0.15, 0.2) is 11.6 Å². The summed E-state index contributed by atoms with van der Waals surface area (Å²) in [4.78, 5) is 51.3. The number of carbonyl (C=O) groups excluding carboxylic acids is 4. The predicted molar refractivity (Wildman–Crippen MR) is 590 cm³/mol. The highest BCUT2D eigenvalue weighted by molar-refractivity contribution is 9.48. The number of allylic oxidation sites excluding steroid dienone is 4. The normalized spacial score (nSPS) is 33.2. The van der Waals surface area contributed by atoms with Crippen molar-refractivity contribution in [2.75, 3.05) is 18.9 Å². The molecule has 6 aliphatic carbocycles. The van der Waals surface area contributed by atoms with Crippen LogP contribution in [-0.4, -0.2) is 93.3 Å². The summed E-state index contributed by atoms with van der Waals surface area (Å²) < 4.78 is 17.1. The molecule has 42 atom stereocenters. The molecule has 56 heteroatoms. The van der Waals surface area contributed by atoms with E-state index in [0.29, 0.717) is 32.1 Å². The zero-order valence-electron chi connectivity index (χ0n) is 57.6. The Morgan fingerprint density at radius 2 is 0.772 bits per heavy atom. The second-order valence-electron chi connectivity index (χ2n) is 25.3. The Labute approximate surface area is 695 Å². The van der Waals surface area contributed by atoms with Gasteiger partial charge in [-0.05, 0) is 227 Å². The number of hydrogen-bond donors (Lipinski definition) is 3. The second-order valence-corrected chi connectivity index (χ2v) is 200. The molecule has 6 fully saturated rings. The fraction of sp³-hybridized carbons (Fsp3) is 0.733. The van der Waals surface area contributed by atoms with Crippen molar-refractivity contribution >= 4 is 401 Å². The minimum Gasteiger partial charge on any atom is -0.461 e. The van der Waals surface area contributed by atoms with Crippen LogP contribution in [0.4, 0.5) is 0 Å². The van der Waals surface area contributed by atoms with Gasteiger partial charge < -0.3 is 29.5 Å². The van der Waals surface area contributed by atoms with Gasteiger partial charge in [-0.25, -0.2) is 0 Å². The Bertz CT molecular complexity index is 2700. The first-order valence-electron chi connectivity index (χ1n) is 30.2. The molecule has 26 unspecified atom stereocenters. The highest BCUT2D eigenvalue weighted by Gasteiger charge is 2.80. The fourth-order valence-corrected chi connectivity index (χ4v) is 556. The van der Waals surface area contributed by atoms with E-state index < -0.39 is 75.0 Å². The molecule has 0 heterocycles. The number of methoxy groups -OCH3 is 1. The van der Waals surface area contributed by atoms with Crippen molar-refractivity contribution in [2.45, 2.75) is 129 Å². The van der Waals surface area contributed by atoms with Gasteiger partial charge >= 0.3 is 11.9 Å². The van der Waals surface area contributed by atoms with Gasteiger partial charge in [0.05, 0.1) is 0 Å². The summed E-state index contributed by atoms with van der Waals surface area (Å²) >= 11 is 11.4. The number of alkyl halides is 2.